The van der Waals surface area contributed by atoms with E-state index in [4.69, 9.17) is 4.74 Å². The molecule has 0 bridgehead atoms. The second kappa shape index (κ2) is 7.73. The van der Waals surface area contributed by atoms with Gasteiger partial charge in [0.15, 0.2) is 0 Å². The highest BCUT2D eigenvalue weighted by Crippen LogP contribution is 2.25. The topological polar surface area (TPSA) is 81.9 Å². The zero-order valence-corrected chi connectivity index (χ0v) is 14.4. The number of hydrogen-bond donors (Lipinski definition) is 1. The second-order valence-corrected chi connectivity index (χ2v) is 5.48. The number of ether oxygens (including phenoxy) is 1. The molecule has 8 heteroatoms. The molecular weight excluding hydrogens is 337 g/mol. The van der Waals surface area contributed by atoms with Crippen LogP contribution in [-0.4, -0.2) is 32.8 Å². The SMILES string of the molecule is CCn1nccc1-c1cccc(CC(=O)Nc2cc(OC)ncn2)c1F. The molecule has 2 aromatic heterocycles. The van der Waals surface area contributed by atoms with Crippen molar-refractivity contribution >= 4 is 11.7 Å². The van der Waals surface area contributed by atoms with Crippen LogP contribution < -0.4 is 10.1 Å². The number of hydrogen-bond acceptors (Lipinski definition) is 5. The third-order valence-corrected chi connectivity index (χ3v) is 3.84. The quantitative estimate of drug-likeness (QED) is 0.735. The number of aryl methyl sites for hydroxylation is 1. The van der Waals surface area contributed by atoms with Gasteiger partial charge >= 0.3 is 0 Å². The summed E-state index contributed by atoms with van der Waals surface area (Å²) >= 11 is 0. The van der Waals surface area contributed by atoms with Crippen LogP contribution in [0.3, 0.4) is 0 Å². The Labute approximate surface area is 149 Å². The zero-order chi connectivity index (χ0) is 18.5. The van der Waals surface area contributed by atoms with Crippen LogP contribution >= 0.6 is 0 Å². The van der Waals surface area contributed by atoms with Gasteiger partial charge in [0.05, 0.1) is 19.2 Å². The van der Waals surface area contributed by atoms with E-state index in [0.717, 1.165) is 0 Å². The summed E-state index contributed by atoms with van der Waals surface area (Å²) in [5.41, 5.74) is 1.39. The summed E-state index contributed by atoms with van der Waals surface area (Å²) in [6.45, 7) is 2.56. The maximum atomic E-state index is 14.9. The molecule has 134 valence electrons. The molecule has 1 amide bonds. The van der Waals surface area contributed by atoms with Gasteiger partial charge < -0.3 is 10.1 Å². The molecule has 3 aromatic rings. The first kappa shape index (κ1) is 17.5. The molecule has 0 saturated carbocycles. The predicted molar refractivity (Wildman–Crippen MR) is 94.2 cm³/mol. The van der Waals surface area contributed by atoms with Gasteiger partial charge in [-0.05, 0) is 24.6 Å². The van der Waals surface area contributed by atoms with Crippen LogP contribution in [0.15, 0.2) is 42.9 Å². The average Bonchev–Trinajstić information content (AvgIpc) is 3.12. The maximum Gasteiger partial charge on any atom is 0.230 e. The number of nitrogens with zero attached hydrogens (tertiary/aromatic N) is 4. The number of nitrogens with one attached hydrogen (secondary N) is 1. The number of methoxy groups -OCH3 is 1. The fraction of sp³-hybridized carbons (Fsp3) is 0.222. The Morgan fingerprint density at radius 3 is 2.92 bits per heavy atom. The van der Waals surface area contributed by atoms with E-state index in [1.807, 2.05) is 6.92 Å². The third-order valence-electron chi connectivity index (χ3n) is 3.84. The summed E-state index contributed by atoms with van der Waals surface area (Å²) in [6, 6.07) is 8.23. The van der Waals surface area contributed by atoms with E-state index >= 15 is 0 Å². The minimum Gasteiger partial charge on any atom is -0.481 e. The maximum absolute atomic E-state index is 14.9. The highest BCUT2D eigenvalue weighted by Gasteiger charge is 2.16. The number of carbonyl (C=O) groups excluding carboxylic acids is 1. The normalized spacial score (nSPS) is 10.6. The highest BCUT2D eigenvalue weighted by molar-refractivity contribution is 5.91. The largest absolute Gasteiger partial charge is 0.481 e. The van der Waals surface area contributed by atoms with Gasteiger partial charge in [-0.2, -0.15) is 5.10 Å². The monoisotopic (exact) mass is 355 g/mol. The Morgan fingerprint density at radius 2 is 2.15 bits per heavy atom. The van der Waals surface area contributed by atoms with Crippen LogP contribution in [0.1, 0.15) is 12.5 Å². The number of halogens is 1. The molecule has 0 aliphatic heterocycles. The van der Waals surface area contributed by atoms with E-state index in [1.54, 1.807) is 35.1 Å². The van der Waals surface area contributed by atoms with Crippen molar-refractivity contribution in [1.82, 2.24) is 19.7 Å². The van der Waals surface area contributed by atoms with E-state index in [2.05, 4.69) is 20.4 Å². The van der Waals surface area contributed by atoms with Crippen molar-refractivity contribution in [3.63, 3.8) is 0 Å². The lowest BCUT2D eigenvalue weighted by Gasteiger charge is -2.10. The van der Waals surface area contributed by atoms with Crippen LogP contribution in [-0.2, 0) is 17.8 Å². The van der Waals surface area contributed by atoms with E-state index in [-0.39, 0.29) is 12.3 Å². The molecule has 0 fully saturated rings. The molecule has 26 heavy (non-hydrogen) atoms. The van der Waals surface area contributed by atoms with Crippen molar-refractivity contribution in [2.75, 3.05) is 12.4 Å². The van der Waals surface area contributed by atoms with Gasteiger partial charge in [0.25, 0.3) is 0 Å². The Kier molecular flexibility index (Phi) is 5.21. The van der Waals surface area contributed by atoms with E-state index < -0.39 is 5.82 Å². The Morgan fingerprint density at radius 1 is 1.31 bits per heavy atom. The van der Waals surface area contributed by atoms with Gasteiger partial charge in [-0.1, -0.05) is 12.1 Å². The zero-order valence-electron chi connectivity index (χ0n) is 14.4. The first-order valence-electron chi connectivity index (χ1n) is 8.07. The van der Waals surface area contributed by atoms with Crippen molar-refractivity contribution in [2.24, 2.45) is 0 Å². The smallest absolute Gasteiger partial charge is 0.230 e. The first-order valence-corrected chi connectivity index (χ1v) is 8.07. The number of aromatic nitrogens is 4. The predicted octanol–water partition coefficient (Wildman–Crippen LogP) is 2.69. The molecular formula is C18H18FN5O2. The Hall–Kier alpha value is -3.29. The summed E-state index contributed by atoms with van der Waals surface area (Å²) in [5.74, 6) is -0.192. The molecule has 0 aliphatic carbocycles. The number of amides is 1. The van der Waals surface area contributed by atoms with Crippen LogP contribution in [0.4, 0.5) is 10.2 Å². The van der Waals surface area contributed by atoms with E-state index in [1.165, 1.54) is 19.5 Å². The summed E-state index contributed by atoms with van der Waals surface area (Å²) in [5, 5.41) is 6.77. The lowest BCUT2D eigenvalue weighted by atomic mass is 10.0. The van der Waals surface area contributed by atoms with E-state index in [0.29, 0.717) is 35.1 Å². The van der Waals surface area contributed by atoms with Crippen molar-refractivity contribution in [3.05, 3.63) is 54.2 Å². The standard InChI is InChI=1S/C18H18FN5O2/c1-3-24-14(7-8-22-24)13-6-4-5-12(18(13)19)9-16(25)23-15-10-17(26-2)21-11-20-15/h4-8,10-11H,3,9H2,1-2H3,(H,20,21,23,25). The molecule has 7 nitrogen and oxygen atoms in total. The van der Waals surface area contributed by atoms with Crippen LogP contribution in [0.25, 0.3) is 11.3 Å². The van der Waals surface area contributed by atoms with Gasteiger partial charge in [-0.3, -0.25) is 9.48 Å². The van der Waals surface area contributed by atoms with Crippen molar-refractivity contribution in [3.8, 4) is 17.1 Å². The fourth-order valence-electron chi connectivity index (χ4n) is 2.61. The van der Waals surface area contributed by atoms with E-state index in [9.17, 15) is 9.18 Å². The van der Waals surface area contributed by atoms with Gasteiger partial charge in [0.1, 0.15) is 18.0 Å². The third kappa shape index (κ3) is 3.69. The van der Waals surface area contributed by atoms with Crippen LogP contribution in [0, 0.1) is 5.82 Å². The number of rotatable bonds is 6. The first-order chi connectivity index (χ1) is 12.6. The molecule has 1 N–H and O–H groups in total. The van der Waals surface area contributed by atoms with Gasteiger partial charge in [-0.15, -0.1) is 0 Å². The Balaban J connectivity index is 1.79. The molecule has 0 saturated heterocycles. The van der Waals surface area contributed by atoms with Crippen molar-refractivity contribution in [1.29, 1.82) is 0 Å². The molecule has 2 heterocycles. The lowest BCUT2D eigenvalue weighted by Crippen LogP contribution is -2.16. The molecule has 0 radical (unpaired) electrons. The number of carbonyl (C=O) groups is 1. The lowest BCUT2D eigenvalue weighted by molar-refractivity contribution is -0.115. The summed E-state index contributed by atoms with van der Waals surface area (Å²) < 4.78 is 21.6. The molecule has 0 spiro atoms. The van der Waals surface area contributed by atoms with Gasteiger partial charge in [0.2, 0.25) is 11.8 Å². The number of anilines is 1. The van der Waals surface area contributed by atoms with Gasteiger partial charge in [-0.25, -0.2) is 14.4 Å². The average molecular weight is 355 g/mol. The molecule has 3 rings (SSSR count). The minimum absolute atomic E-state index is 0.119. The summed E-state index contributed by atoms with van der Waals surface area (Å²) in [6.07, 6.45) is 2.79. The number of benzene rings is 1. The van der Waals surface area contributed by atoms with Crippen LogP contribution in [0.2, 0.25) is 0 Å². The van der Waals surface area contributed by atoms with Crippen molar-refractivity contribution < 1.29 is 13.9 Å². The minimum atomic E-state index is -0.432. The fourth-order valence-corrected chi connectivity index (χ4v) is 2.61. The highest BCUT2D eigenvalue weighted by atomic mass is 19.1. The molecule has 0 atom stereocenters. The Bertz CT molecular complexity index is 925. The molecule has 1 aromatic carbocycles. The van der Waals surface area contributed by atoms with Crippen LogP contribution in [0.5, 0.6) is 5.88 Å². The molecule has 0 unspecified atom stereocenters. The van der Waals surface area contributed by atoms with Crippen molar-refractivity contribution in [2.45, 2.75) is 19.9 Å². The summed E-state index contributed by atoms with van der Waals surface area (Å²) in [7, 11) is 1.47. The second-order valence-electron chi connectivity index (χ2n) is 5.48. The van der Waals surface area contributed by atoms with Gasteiger partial charge in [0, 0.05) is 24.4 Å². The summed E-state index contributed by atoms with van der Waals surface area (Å²) in [4.78, 5) is 20.1. The molecule has 0 aliphatic rings.